The number of esters is 1. The highest BCUT2D eigenvalue weighted by Gasteiger charge is 2.65. The maximum absolute atomic E-state index is 12.8. The number of aromatic carboxylic acids is 1. The summed E-state index contributed by atoms with van der Waals surface area (Å²) in [5.41, 5.74) is 2.44. The molecule has 0 bridgehead atoms. The van der Waals surface area contributed by atoms with Gasteiger partial charge in [-0.2, -0.15) is 0 Å². The van der Waals surface area contributed by atoms with Crippen LogP contribution in [0.1, 0.15) is 93.1 Å². The van der Waals surface area contributed by atoms with Crippen molar-refractivity contribution in [3.63, 3.8) is 0 Å². The quantitative estimate of drug-likeness (QED) is 0.651. The van der Waals surface area contributed by atoms with Gasteiger partial charge in [-0.25, -0.2) is 4.79 Å². The predicted molar refractivity (Wildman–Crippen MR) is 110 cm³/mol. The fraction of sp³-hybridized carbons (Fsp3) is 0.680. The van der Waals surface area contributed by atoms with Crippen molar-refractivity contribution in [1.82, 2.24) is 0 Å². The molecule has 2 saturated carbocycles. The molecule has 1 N–H and O–H groups in total. The summed E-state index contributed by atoms with van der Waals surface area (Å²) in [5, 5.41) is 9.33. The molecule has 4 aliphatic rings. The minimum atomic E-state index is -0.842. The SMILES string of the molecule is CC1(C)CC[C@@]2(CCC3C4CCc5cc(C(=O)O)ccc5C4CC[C@@]32C)OC1=O. The van der Waals surface area contributed by atoms with Crippen LogP contribution in [-0.2, 0) is 16.0 Å². The summed E-state index contributed by atoms with van der Waals surface area (Å²) in [4.78, 5) is 24.1. The minimum absolute atomic E-state index is 0.0112. The lowest BCUT2D eigenvalue weighted by molar-refractivity contribution is -0.206. The summed E-state index contributed by atoms with van der Waals surface area (Å²) in [7, 11) is 0. The van der Waals surface area contributed by atoms with E-state index in [9.17, 15) is 14.7 Å². The van der Waals surface area contributed by atoms with Gasteiger partial charge < -0.3 is 9.84 Å². The van der Waals surface area contributed by atoms with Gasteiger partial charge in [0.25, 0.3) is 0 Å². The predicted octanol–water partition coefficient (Wildman–Crippen LogP) is 5.34. The first-order valence-electron chi connectivity index (χ1n) is 11.3. The molecule has 3 fully saturated rings. The molecular formula is C25H32O4. The molecule has 5 atom stereocenters. The van der Waals surface area contributed by atoms with Crippen molar-refractivity contribution in [3.8, 4) is 0 Å². The molecule has 29 heavy (non-hydrogen) atoms. The van der Waals surface area contributed by atoms with E-state index in [1.54, 1.807) is 6.07 Å². The Balaban J connectivity index is 1.45. The standard InChI is InChI=1S/C25H32O4/c1-23(2)12-13-25(29-22(23)28)11-9-20-19-7-4-15-14-16(21(26)27)5-6-17(15)18(19)8-10-24(20,25)3/h5-6,14,18-20H,4,7-13H2,1-3H3,(H,26,27)/t18?,19?,20?,24-,25+/m0/s1. The van der Waals surface area contributed by atoms with Crippen LogP contribution in [-0.4, -0.2) is 22.6 Å². The maximum atomic E-state index is 12.8. The van der Waals surface area contributed by atoms with Gasteiger partial charge in [0.05, 0.1) is 11.0 Å². The number of carbonyl (C=O) groups is 2. The van der Waals surface area contributed by atoms with Crippen LogP contribution < -0.4 is 0 Å². The molecule has 4 nitrogen and oxygen atoms in total. The first-order chi connectivity index (χ1) is 13.7. The van der Waals surface area contributed by atoms with E-state index in [1.807, 2.05) is 19.9 Å². The van der Waals surface area contributed by atoms with Gasteiger partial charge in [-0.3, -0.25) is 4.79 Å². The highest BCUT2D eigenvalue weighted by Crippen LogP contribution is 2.67. The third-order valence-corrected chi connectivity index (χ3v) is 9.26. The molecule has 0 aromatic heterocycles. The van der Waals surface area contributed by atoms with Crippen molar-refractivity contribution in [2.45, 2.75) is 83.7 Å². The van der Waals surface area contributed by atoms with Crippen LogP contribution in [0.4, 0.5) is 0 Å². The third-order valence-electron chi connectivity index (χ3n) is 9.26. The first kappa shape index (κ1) is 19.1. The van der Waals surface area contributed by atoms with Crippen molar-refractivity contribution in [3.05, 3.63) is 34.9 Å². The Morgan fingerprint density at radius 2 is 1.86 bits per heavy atom. The second-order valence-electron chi connectivity index (χ2n) is 10.9. The van der Waals surface area contributed by atoms with Gasteiger partial charge in [0.1, 0.15) is 5.60 Å². The van der Waals surface area contributed by atoms with Gasteiger partial charge in [-0.15, -0.1) is 0 Å². The second-order valence-corrected chi connectivity index (χ2v) is 10.9. The van der Waals surface area contributed by atoms with Crippen molar-refractivity contribution < 1.29 is 19.4 Å². The van der Waals surface area contributed by atoms with Gasteiger partial charge in [-0.05, 0) is 106 Å². The zero-order valence-electron chi connectivity index (χ0n) is 17.8. The lowest BCUT2D eigenvalue weighted by atomic mass is 9.52. The second kappa shape index (κ2) is 6.09. The Labute approximate surface area is 173 Å². The zero-order valence-corrected chi connectivity index (χ0v) is 17.8. The number of rotatable bonds is 1. The topological polar surface area (TPSA) is 63.6 Å². The molecular weight excluding hydrogens is 364 g/mol. The Morgan fingerprint density at radius 1 is 1.07 bits per heavy atom. The number of hydrogen-bond donors (Lipinski definition) is 1. The molecule has 1 aromatic carbocycles. The highest BCUT2D eigenvalue weighted by molar-refractivity contribution is 5.88. The van der Waals surface area contributed by atoms with Gasteiger partial charge >= 0.3 is 11.9 Å². The zero-order chi connectivity index (χ0) is 20.6. The molecule has 4 heteroatoms. The van der Waals surface area contributed by atoms with E-state index in [-0.39, 0.29) is 22.4 Å². The molecule has 0 radical (unpaired) electrons. The van der Waals surface area contributed by atoms with E-state index in [1.165, 1.54) is 11.1 Å². The molecule has 1 saturated heterocycles. The van der Waals surface area contributed by atoms with Gasteiger partial charge in [0, 0.05) is 5.41 Å². The Kier molecular flexibility index (Phi) is 4.02. The first-order valence-corrected chi connectivity index (χ1v) is 11.3. The molecule has 1 heterocycles. The fourth-order valence-corrected chi connectivity index (χ4v) is 7.37. The number of aryl methyl sites for hydroxylation is 1. The summed E-state index contributed by atoms with van der Waals surface area (Å²) < 4.78 is 6.31. The van der Waals surface area contributed by atoms with Crippen LogP contribution >= 0.6 is 0 Å². The average molecular weight is 397 g/mol. The number of carboxylic acids is 1. The van der Waals surface area contributed by atoms with Crippen LogP contribution in [0.15, 0.2) is 18.2 Å². The fourth-order valence-electron chi connectivity index (χ4n) is 7.37. The van der Waals surface area contributed by atoms with E-state index < -0.39 is 5.97 Å². The lowest BCUT2D eigenvalue weighted by Crippen LogP contribution is -2.56. The van der Waals surface area contributed by atoms with Crippen LogP contribution in [0.3, 0.4) is 0 Å². The molecule has 1 aromatic rings. The van der Waals surface area contributed by atoms with E-state index in [4.69, 9.17) is 4.74 Å². The Morgan fingerprint density at radius 3 is 2.59 bits per heavy atom. The maximum Gasteiger partial charge on any atom is 0.335 e. The normalized spacial score (nSPS) is 40.0. The number of hydrogen-bond acceptors (Lipinski definition) is 3. The largest absolute Gasteiger partial charge is 0.478 e. The molecule has 5 rings (SSSR count). The monoisotopic (exact) mass is 396 g/mol. The van der Waals surface area contributed by atoms with E-state index >= 15 is 0 Å². The van der Waals surface area contributed by atoms with Gasteiger partial charge in [-0.1, -0.05) is 13.0 Å². The third kappa shape index (κ3) is 2.56. The van der Waals surface area contributed by atoms with Crippen molar-refractivity contribution in [2.24, 2.45) is 22.7 Å². The van der Waals surface area contributed by atoms with Crippen molar-refractivity contribution >= 4 is 11.9 Å². The van der Waals surface area contributed by atoms with E-state index in [0.29, 0.717) is 23.3 Å². The Bertz CT molecular complexity index is 887. The smallest absolute Gasteiger partial charge is 0.335 e. The number of fused-ring (bicyclic) bond motifs is 6. The molecule has 156 valence electrons. The van der Waals surface area contributed by atoms with Gasteiger partial charge in [0.15, 0.2) is 0 Å². The molecule has 1 aliphatic heterocycles. The van der Waals surface area contributed by atoms with E-state index in [0.717, 1.165) is 51.4 Å². The average Bonchev–Trinajstić information content (AvgIpc) is 2.97. The number of ether oxygens (including phenoxy) is 1. The van der Waals surface area contributed by atoms with Crippen molar-refractivity contribution in [2.75, 3.05) is 0 Å². The van der Waals surface area contributed by atoms with E-state index in [2.05, 4.69) is 13.0 Å². The molecule has 3 aliphatic carbocycles. The minimum Gasteiger partial charge on any atom is -0.478 e. The van der Waals surface area contributed by atoms with Gasteiger partial charge in [0.2, 0.25) is 0 Å². The summed E-state index contributed by atoms with van der Waals surface area (Å²) in [6, 6.07) is 5.74. The summed E-state index contributed by atoms with van der Waals surface area (Å²) >= 11 is 0. The summed E-state index contributed by atoms with van der Waals surface area (Å²) in [6.45, 7) is 6.42. The summed E-state index contributed by atoms with van der Waals surface area (Å²) in [5.74, 6) is 0.868. The lowest BCUT2D eigenvalue weighted by Gasteiger charge is -2.56. The van der Waals surface area contributed by atoms with Crippen molar-refractivity contribution in [1.29, 1.82) is 0 Å². The number of carboxylic acid groups (broad SMARTS) is 1. The van der Waals surface area contributed by atoms with Crippen LogP contribution in [0.5, 0.6) is 0 Å². The van der Waals surface area contributed by atoms with Crippen LogP contribution in [0, 0.1) is 22.7 Å². The summed E-state index contributed by atoms with van der Waals surface area (Å²) in [6.07, 6.45) is 8.35. The Hall–Kier alpha value is -1.84. The highest BCUT2D eigenvalue weighted by atomic mass is 16.6. The molecule has 3 unspecified atom stereocenters. The molecule has 0 amide bonds. The molecule has 1 spiro atoms. The van der Waals surface area contributed by atoms with Crippen LogP contribution in [0.2, 0.25) is 0 Å². The number of carbonyl (C=O) groups excluding carboxylic acids is 1. The van der Waals surface area contributed by atoms with Crippen LogP contribution in [0.25, 0.3) is 0 Å². The number of benzene rings is 1.